The number of nitrogens with zero attached hydrogens (tertiary/aromatic N) is 1. The number of hydrogen-bond acceptors (Lipinski definition) is 5. The molecule has 18 heavy (non-hydrogen) atoms. The van der Waals surface area contributed by atoms with Crippen LogP contribution in [0.1, 0.15) is 48.0 Å². The average molecular weight is 268 g/mol. The largest absolute Gasteiger partial charge is 0.462 e. The highest BCUT2D eigenvalue weighted by molar-refractivity contribution is 7.17. The predicted molar refractivity (Wildman–Crippen MR) is 73.3 cm³/mol. The summed E-state index contributed by atoms with van der Waals surface area (Å²) in [4.78, 5) is 16.7. The fourth-order valence-corrected chi connectivity index (χ4v) is 3.17. The third kappa shape index (κ3) is 3.22. The topological polar surface area (TPSA) is 51.2 Å². The van der Waals surface area contributed by atoms with Gasteiger partial charge in [0, 0.05) is 6.54 Å². The molecule has 0 amide bonds. The molecule has 1 aromatic rings. The lowest BCUT2D eigenvalue weighted by Gasteiger charge is -2.08. The first-order valence-electron chi connectivity index (χ1n) is 6.59. The van der Waals surface area contributed by atoms with E-state index in [1.807, 2.05) is 13.8 Å². The van der Waals surface area contributed by atoms with Crippen molar-refractivity contribution in [1.29, 1.82) is 0 Å². The van der Waals surface area contributed by atoms with E-state index in [1.165, 1.54) is 37.0 Å². The average Bonchev–Trinajstić information content (AvgIpc) is 2.96. The van der Waals surface area contributed by atoms with Crippen molar-refractivity contribution in [1.82, 2.24) is 4.98 Å². The Morgan fingerprint density at radius 1 is 1.50 bits per heavy atom. The van der Waals surface area contributed by atoms with Crippen molar-refractivity contribution in [3.8, 4) is 0 Å². The second-order valence-electron chi connectivity index (χ2n) is 4.69. The Morgan fingerprint density at radius 2 is 2.22 bits per heavy atom. The van der Waals surface area contributed by atoms with Gasteiger partial charge in [0.05, 0.1) is 12.3 Å². The van der Waals surface area contributed by atoms with Crippen molar-refractivity contribution in [2.75, 3.05) is 18.5 Å². The van der Waals surface area contributed by atoms with Crippen LogP contribution in [-0.4, -0.2) is 24.1 Å². The number of aromatic nitrogens is 1. The minimum absolute atomic E-state index is 0.263. The molecule has 0 aromatic carbocycles. The van der Waals surface area contributed by atoms with E-state index in [0.29, 0.717) is 11.5 Å². The van der Waals surface area contributed by atoms with Gasteiger partial charge in [-0.2, -0.15) is 0 Å². The molecule has 0 bridgehead atoms. The van der Waals surface area contributed by atoms with Gasteiger partial charge in [-0.25, -0.2) is 9.78 Å². The normalized spacial score (nSPS) is 15.9. The summed E-state index contributed by atoms with van der Waals surface area (Å²) in [5, 5.41) is 4.18. The first-order valence-corrected chi connectivity index (χ1v) is 7.40. The standard InChI is InChI=1S/C13H20N2O2S/c1-3-17-12(16)11-9(2)15-13(18-11)14-8-10-6-4-5-7-10/h10H,3-8H2,1-2H3,(H,14,15). The number of ether oxygens (including phenoxy) is 1. The van der Waals surface area contributed by atoms with Gasteiger partial charge in [-0.15, -0.1) is 0 Å². The lowest BCUT2D eigenvalue weighted by Crippen LogP contribution is -2.10. The molecule has 0 radical (unpaired) electrons. The summed E-state index contributed by atoms with van der Waals surface area (Å²) in [5.74, 6) is 0.502. The van der Waals surface area contributed by atoms with Crippen LogP contribution in [0.5, 0.6) is 0 Å². The Bertz CT molecular complexity index is 411. The molecule has 1 aromatic heterocycles. The number of hydrogen-bond donors (Lipinski definition) is 1. The van der Waals surface area contributed by atoms with Gasteiger partial charge in [-0.05, 0) is 32.6 Å². The van der Waals surface area contributed by atoms with E-state index in [-0.39, 0.29) is 5.97 Å². The minimum atomic E-state index is -0.263. The Labute approximate surface area is 112 Å². The quantitative estimate of drug-likeness (QED) is 0.833. The molecule has 0 unspecified atom stereocenters. The zero-order valence-electron chi connectivity index (χ0n) is 11.0. The molecular weight excluding hydrogens is 248 g/mol. The van der Waals surface area contributed by atoms with Gasteiger partial charge in [0.2, 0.25) is 0 Å². The van der Waals surface area contributed by atoms with E-state index in [9.17, 15) is 4.79 Å². The summed E-state index contributed by atoms with van der Waals surface area (Å²) in [5.41, 5.74) is 0.757. The molecular formula is C13H20N2O2S. The molecule has 5 heteroatoms. The van der Waals surface area contributed by atoms with Gasteiger partial charge in [-0.3, -0.25) is 0 Å². The molecule has 1 N–H and O–H groups in total. The summed E-state index contributed by atoms with van der Waals surface area (Å²) in [6, 6.07) is 0. The molecule has 4 nitrogen and oxygen atoms in total. The molecule has 1 aliphatic rings. The minimum Gasteiger partial charge on any atom is -0.462 e. The summed E-state index contributed by atoms with van der Waals surface area (Å²) in [7, 11) is 0. The van der Waals surface area contributed by atoms with Crippen molar-refractivity contribution >= 4 is 22.4 Å². The maximum atomic E-state index is 11.7. The molecule has 0 atom stereocenters. The van der Waals surface area contributed by atoms with E-state index in [2.05, 4.69) is 10.3 Å². The van der Waals surface area contributed by atoms with E-state index in [1.54, 1.807) is 0 Å². The van der Waals surface area contributed by atoms with Crippen molar-refractivity contribution in [2.45, 2.75) is 39.5 Å². The highest BCUT2D eigenvalue weighted by Gasteiger charge is 2.18. The summed E-state index contributed by atoms with van der Waals surface area (Å²) >= 11 is 1.39. The zero-order valence-corrected chi connectivity index (χ0v) is 11.8. The van der Waals surface area contributed by atoms with E-state index in [0.717, 1.165) is 23.3 Å². The van der Waals surface area contributed by atoms with E-state index < -0.39 is 0 Å². The summed E-state index contributed by atoms with van der Waals surface area (Å²) < 4.78 is 5.00. The summed E-state index contributed by atoms with van der Waals surface area (Å²) in [6.45, 7) is 5.03. The van der Waals surface area contributed by atoms with Crippen LogP contribution < -0.4 is 5.32 Å². The molecule has 1 saturated carbocycles. The maximum Gasteiger partial charge on any atom is 0.350 e. The van der Waals surface area contributed by atoms with Gasteiger partial charge < -0.3 is 10.1 Å². The number of nitrogens with one attached hydrogen (secondary N) is 1. The molecule has 1 heterocycles. The third-order valence-corrected chi connectivity index (χ3v) is 4.37. The van der Waals surface area contributed by atoms with Gasteiger partial charge in [0.15, 0.2) is 5.13 Å². The molecule has 1 aliphatic carbocycles. The van der Waals surface area contributed by atoms with Crippen LogP contribution in [-0.2, 0) is 4.74 Å². The van der Waals surface area contributed by atoms with Crippen molar-refractivity contribution in [3.05, 3.63) is 10.6 Å². The van der Waals surface area contributed by atoms with Gasteiger partial charge in [0.1, 0.15) is 4.88 Å². The SMILES string of the molecule is CCOC(=O)c1sc(NCC2CCCC2)nc1C. The molecule has 2 rings (SSSR count). The molecule has 0 saturated heterocycles. The molecule has 100 valence electrons. The van der Waals surface area contributed by atoms with Crippen LogP contribution in [0.3, 0.4) is 0 Å². The Balaban J connectivity index is 1.93. The van der Waals surface area contributed by atoms with E-state index in [4.69, 9.17) is 4.74 Å². The highest BCUT2D eigenvalue weighted by Crippen LogP contribution is 2.27. The second-order valence-corrected chi connectivity index (χ2v) is 5.68. The van der Waals surface area contributed by atoms with Crippen molar-refractivity contribution in [2.24, 2.45) is 5.92 Å². The van der Waals surface area contributed by atoms with Crippen LogP contribution in [0.25, 0.3) is 0 Å². The second kappa shape index (κ2) is 6.18. The van der Waals surface area contributed by atoms with Crippen molar-refractivity contribution < 1.29 is 9.53 Å². The number of carbonyl (C=O) groups excluding carboxylic acids is 1. The van der Waals surface area contributed by atoms with Crippen LogP contribution in [0.4, 0.5) is 5.13 Å². The number of aryl methyl sites for hydroxylation is 1. The predicted octanol–water partition coefficient (Wildman–Crippen LogP) is 3.23. The van der Waals surface area contributed by atoms with Crippen LogP contribution in [0, 0.1) is 12.8 Å². The fourth-order valence-electron chi connectivity index (χ4n) is 2.30. The first-order chi connectivity index (χ1) is 8.70. The number of carbonyl (C=O) groups is 1. The summed E-state index contributed by atoms with van der Waals surface area (Å²) in [6.07, 6.45) is 5.30. The number of esters is 1. The molecule has 0 aliphatic heterocycles. The number of rotatable bonds is 5. The maximum absolute atomic E-state index is 11.7. The zero-order chi connectivity index (χ0) is 13.0. The lowest BCUT2D eigenvalue weighted by molar-refractivity contribution is 0.0531. The monoisotopic (exact) mass is 268 g/mol. The number of thiazole rings is 1. The fraction of sp³-hybridized carbons (Fsp3) is 0.692. The third-order valence-electron chi connectivity index (χ3n) is 3.27. The van der Waals surface area contributed by atoms with Crippen LogP contribution >= 0.6 is 11.3 Å². The van der Waals surface area contributed by atoms with Crippen LogP contribution in [0.15, 0.2) is 0 Å². The van der Waals surface area contributed by atoms with Crippen molar-refractivity contribution in [3.63, 3.8) is 0 Å². The molecule has 0 spiro atoms. The Morgan fingerprint density at radius 3 is 2.89 bits per heavy atom. The highest BCUT2D eigenvalue weighted by atomic mass is 32.1. The first kappa shape index (κ1) is 13.3. The smallest absolute Gasteiger partial charge is 0.350 e. The number of anilines is 1. The lowest BCUT2D eigenvalue weighted by atomic mass is 10.1. The Hall–Kier alpha value is -1.10. The van der Waals surface area contributed by atoms with E-state index >= 15 is 0 Å². The van der Waals surface area contributed by atoms with Gasteiger partial charge in [-0.1, -0.05) is 24.2 Å². The molecule has 1 fully saturated rings. The Kier molecular flexibility index (Phi) is 4.58. The van der Waals surface area contributed by atoms with Crippen LogP contribution in [0.2, 0.25) is 0 Å². The van der Waals surface area contributed by atoms with Gasteiger partial charge in [0.25, 0.3) is 0 Å². The van der Waals surface area contributed by atoms with Gasteiger partial charge >= 0.3 is 5.97 Å².